The Hall–Kier alpha value is -3.89. The van der Waals surface area contributed by atoms with Crippen LogP contribution in [0.15, 0.2) is 97.1 Å². The second-order valence-corrected chi connectivity index (χ2v) is 7.27. The van der Waals surface area contributed by atoms with E-state index in [-0.39, 0.29) is 6.61 Å². The van der Waals surface area contributed by atoms with Crippen LogP contribution in [0, 0.1) is 22.7 Å². The predicted molar refractivity (Wildman–Crippen MR) is 129 cm³/mol. The Kier molecular flexibility index (Phi) is 8.18. The molecule has 0 aliphatic rings. The molecule has 0 saturated heterocycles. The van der Waals surface area contributed by atoms with Crippen molar-refractivity contribution < 1.29 is 5.11 Å². The van der Waals surface area contributed by atoms with E-state index in [2.05, 4.69) is 12.1 Å². The summed E-state index contributed by atoms with van der Waals surface area (Å²) in [7, 11) is 0. The Morgan fingerprint density at radius 3 is 1.47 bits per heavy atom. The topological polar surface area (TPSA) is 67.8 Å². The van der Waals surface area contributed by atoms with Gasteiger partial charge >= 0.3 is 0 Å². The van der Waals surface area contributed by atoms with Gasteiger partial charge in [0.25, 0.3) is 0 Å². The van der Waals surface area contributed by atoms with Gasteiger partial charge in [-0.1, -0.05) is 84.9 Å². The van der Waals surface area contributed by atoms with Gasteiger partial charge in [0.15, 0.2) is 0 Å². The smallest absolute Gasteiger partial charge is 0.0998 e. The number of nitrogens with zero attached hydrogens (tertiary/aromatic N) is 2. The van der Waals surface area contributed by atoms with E-state index in [1.165, 1.54) is 0 Å². The molecular weight excluding hydrogens is 416 g/mol. The Bertz CT molecular complexity index is 1160. The maximum absolute atomic E-state index is 9.11. The lowest BCUT2D eigenvalue weighted by molar-refractivity contribution is 0.282. The molecule has 0 aliphatic heterocycles. The largest absolute Gasteiger partial charge is 0.392 e. The number of halogens is 1. The molecule has 4 rings (SSSR count). The van der Waals surface area contributed by atoms with Crippen LogP contribution in [-0.2, 0) is 12.5 Å². The number of nitriles is 2. The maximum atomic E-state index is 9.11. The normalized spacial score (nSPS) is 9.75. The molecule has 0 spiro atoms. The highest BCUT2D eigenvalue weighted by Gasteiger charge is 2.06. The number of alkyl halides is 1. The predicted octanol–water partition coefficient (Wildman–Crippen LogP) is 6.68. The summed E-state index contributed by atoms with van der Waals surface area (Å²) in [6, 6.07) is 35.2. The number of hydrogen-bond donors (Lipinski definition) is 1. The van der Waals surface area contributed by atoms with Crippen molar-refractivity contribution in [2.75, 3.05) is 0 Å². The van der Waals surface area contributed by atoms with Gasteiger partial charge in [0.1, 0.15) is 0 Å². The highest BCUT2D eigenvalue weighted by molar-refractivity contribution is 6.17. The number of hydrogen-bond acceptors (Lipinski definition) is 3. The van der Waals surface area contributed by atoms with Crippen LogP contribution in [0.2, 0.25) is 0 Å². The minimum atomic E-state index is -0.0379. The second-order valence-electron chi connectivity index (χ2n) is 7.01. The van der Waals surface area contributed by atoms with E-state index in [9.17, 15) is 0 Å². The molecule has 4 aromatic carbocycles. The van der Waals surface area contributed by atoms with Crippen LogP contribution in [0.1, 0.15) is 22.3 Å². The second kappa shape index (κ2) is 11.5. The summed E-state index contributed by atoms with van der Waals surface area (Å²) in [6.07, 6.45) is 0. The monoisotopic (exact) mass is 436 g/mol. The van der Waals surface area contributed by atoms with Crippen LogP contribution in [0.3, 0.4) is 0 Å². The molecule has 0 bridgehead atoms. The summed E-state index contributed by atoms with van der Waals surface area (Å²) in [6.45, 7) is -0.0379. The molecule has 4 heteroatoms. The Morgan fingerprint density at radius 1 is 0.625 bits per heavy atom. The fourth-order valence-electron chi connectivity index (χ4n) is 3.29. The zero-order chi connectivity index (χ0) is 22.8. The molecule has 0 atom stereocenters. The van der Waals surface area contributed by atoms with E-state index >= 15 is 0 Å². The first kappa shape index (κ1) is 22.8. The molecule has 0 heterocycles. The van der Waals surface area contributed by atoms with Crippen molar-refractivity contribution in [1.29, 1.82) is 10.5 Å². The zero-order valence-electron chi connectivity index (χ0n) is 17.4. The molecule has 4 aromatic rings. The standard InChI is InChI=1S/C14H10ClN.C14H11NO/c15-9-11-6-7-14(13(8-11)10-16)12-4-2-1-3-5-12;15-9-13-8-11(10-16)6-7-14(13)12-4-2-1-3-5-12/h1-8H,9H2;1-8,16H,10H2. The first-order valence-corrected chi connectivity index (χ1v) is 10.6. The van der Waals surface area contributed by atoms with Crippen LogP contribution in [0.5, 0.6) is 0 Å². The van der Waals surface area contributed by atoms with Crippen LogP contribution in [0.25, 0.3) is 22.3 Å². The van der Waals surface area contributed by atoms with Gasteiger partial charge in [-0.3, -0.25) is 0 Å². The minimum Gasteiger partial charge on any atom is -0.392 e. The molecule has 0 fully saturated rings. The van der Waals surface area contributed by atoms with Gasteiger partial charge in [0, 0.05) is 5.88 Å². The van der Waals surface area contributed by atoms with E-state index in [0.29, 0.717) is 17.0 Å². The molecule has 1 N–H and O–H groups in total. The van der Waals surface area contributed by atoms with Gasteiger partial charge in [0.05, 0.1) is 29.9 Å². The first-order chi connectivity index (χ1) is 15.7. The summed E-state index contributed by atoms with van der Waals surface area (Å²) in [5.41, 5.74) is 6.93. The van der Waals surface area contributed by atoms with Crippen LogP contribution >= 0.6 is 11.6 Å². The quantitative estimate of drug-likeness (QED) is 0.362. The minimum absolute atomic E-state index is 0.0379. The lowest BCUT2D eigenvalue weighted by Crippen LogP contribution is -1.88. The number of aliphatic hydroxyl groups excluding tert-OH is 1. The van der Waals surface area contributed by atoms with Crippen molar-refractivity contribution in [1.82, 2.24) is 0 Å². The van der Waals surface area contributed by atoms with Crippen molar-refractivity contribution in [3.63, 3.8) is 0 Å². The zero-order valence-corrected chi connectivity index (χ0v) is 18.1. The van der Waals surface area contributed by atoms with Crippen molar-refractivity contribution in [2.45, 2.75) is 12.5 Å². The molecule has 32 heavy (non-hydrogen) atoms. The SMILES string of the molecule is N#Cc1cc(CCl)ccc1-c1ccccc1.N#Cc1cc(CO)ccc1-c1ccccc1. The van der Waals surface area contributed by atoms with E-state index < -0.39 is 0 Å². The Balaban J connectivity index is 0.000000181. The average molecular weight is 437 g/mol. The average Bonchev–Trinajstić information content (AvgIpc) is 2.89. The lowest BCUT2D eigenvalue weighted by atomic mass is 9.98. The fourth-order valence-corrected chi connectivity index (χ4v) is 3.45. The van der Waals surface area contributed by atoms with E-state index in [0.717, 1.165) is 33.4 Å². The van der Waals surface area contributed by atoms with Gasteiger partial charge < -0.3 is 5.11 Å². The van der Waals surface area contributed by atoms with Crippen molar-refractivity contribution in [2.24, 2.45) is 0 Å². The van der Waals surface area contributed by atoms with E-state index in [1.54, 1.807) is 6.07 Å². The third kappa shape index (κ3) is 5.62. The highest BCUT2D eigenvalue weighted by atomic mass is 35.5. The summed E-state index contributed by atoms with van der Waals surface area (Å²) < 4.78 is 0. The van der Waals surface area contributed by atoms with Gasteiger partial charge in [-0.2, -0.15) is 10.5 Å². The molecule has 0 amide bonds. The lowest BCUT2D eigenvalue weighted by Gasteiger charge is -2.05. The van der Waals surface area contributed by atoms with Gasteiger partial charge in [-0.15, -0.1) is 11.6 Å². The third-order valence-electron chi connectivity index (χ3n) is 4.92. The number of benzene rings is 4. The summed E-state index contributed by atoms with van der Waals surface area (Å²) in [5, 5.41) is 27.2. The molecule has 0 aliphatic carbocycles. The van der Waals surface area contributed by atoms with Gasteiger partial charge in [-0.25, -0.2) is 0 Å². The Morgan fingerprint density at radius 2 is 1.06 bits per heavy atom. The summed E-state index contributed by atoms with van der Waals surface area (Å²) >= 11 is 5.74. The van der Waals surface area contributed by atoms with Gasteiger partial charge in [0.2, 0.25) is 0 Å². The molecule has 0 radical (unpaired) electrons. The molecule has 156 valence electrons. The molecule has 0 unspecified atom stereocenters. The van der Waals surface area contributed by atoms with E-state index in [4.69, 9.17) is 27.2 Å². The van der Waals surface area contributed by atoms with Crippen LogP contribution < -0.4 is 0 Å². The van der Waals surface area contributed by atoms with Crippen LogP contribution in [-0.4, -0.2) is 5.11 Å². The molecular formula is C28H21ClN2O. The highest BCUT2D eigenvalue weighted by Crippen LogP contribution is 2.25. The third-order valence-corrected chi connectivity index (χ3v) is 5.22. The fraction of sp³-hybridized carbons (Fsp3) is 0.0714. The van der Waals surface area contributed by atoms with Crippen molar-refractivity contribution in [3.05, 3.63) is 119 Å². The molecule has 0 saturated carbocycles. The van der Waals surface area contributed by atoms with Crippen molar-refractivity contribution >= 4 is 11.6 Å². The van der Waals surface area contributed by atoms with Crippen molar-refractivity contribution in [3.8, 4) is 34.4 Å². The van der Waals surface area contributed by atoms with E-state index in [1.807, 2.05) is 91.0 Å². The maximum Gasteiger partial charge on any atom is 0.0998 e. The first-order valence-electron chi connectivity index (χ1n) is 10.0. The molecule has 0 aromatic heterocycles. The summed E-state index contributed by atoms with van der Waals surface area (Å²) in [5.74, 6) is 0.434. The van der Waals surface area contributed by atoms with Gasteiger partial charge in [-0.05, 0) is 45.5 Å². The molecule has 3 nitrogen and oxygen atoms in total. The number of aliphatic hydroxyl groups is 1. The Labute approximate surface area is 193 Å². The van der Waals surface area contributed by atoms with Crippen LogP contribution in [0.4, 0.5) is 0 Å². The summed E-state index contributed by atoms with van der Waals surface area (Å²) in [4.78, 5) is 0. The number of rotatable bonds is 4.